The average Bonchev–Trinajstić information content (AvgIpc) is 3.76. The molecule has 59 heavy (non-hydrogen) atoms. The fourth-order valence-electron chi connectivity index (χ4n) is 8.39. The molecular weight excluding hydrogens is 717 g/mol. The van der Waals surface area contributed by atoms with Crippen molar-refractivity contribution in [2.45, 2.75) is 0 Å². The number of fused-ring (bicyclic) bond motifs is 3. The number of benzene rings is 9. The minimum Gasteiger partial charge on any atom is -0.436 e. The predicted molar refractivity (Wildman–Crippen MR) is 245 cm³/mol. The first-order valence-electron chi connectivity index (χ1n) is 19.9. The molecule has 0 saturated carbocycles. The number of hydrogen-bond acceptors (Lipinski definition) is 3. The molecule has 0 atom stereocenters. The van der Waals surface area contributed by atoms with Crippen LogP contribution >= 0.6 is 0 Å². The predicted octanol–water partition coefficient (Wildman–Crippen LogP) is 15.2. The van der Waals surface area contributed by atoms with Gasteiger partial charge in [-0.25, -0.2) is 4.98 Å². The van der Waals surface area contributed by atoms with Crippen LogP contribution in [0.2, 0.25) is 0 Å². The van der Waals surface area contributed by atoms with Crippen molar-refractivity contribution >= 4 is 32.6 Å². The van der Waals surface area contributed by atoms with Crippen LogP contribution in [0.1, 0.15) is 0 Å². The van der Waals surface area contributed by atoms with Gasteiger partial charge in [-0.15, -0.1) is 0 Å². The zero-order valence-corrected chi connectivity index (χ0v) is 32.1. The van der Waals surface area contributed by atoms with Gasteiger partial charge in [0.2, 0.25) is 5.89 Å². The molecule has 0 aliphatic carbocycles. The first kappa shape index (κ1) is 34.4. The minimum absolute atomic E-state index is 0.589. The third-order valence-corrected chi connectivity index (χ3v) is 11.4. The third-order valence-electron chi connectivity index (χ3n) is 11.4. The highest BCUT2D eigenvalue weighted by molar-refractivity contribution is 6.00. The molecule has 11 rings (SSSR count). The number of pyridine rings is 1. The fraction of sp³-hybridized carbons (Fsp3) is 0. The summed E-state index contributed by atoms with van der Waals surface area (Å²) in [7, 11) is 0. The van der Waals surface area contributed by atoms with Crippen LogP contribution < -0.4 is 0 Å². The molecular formula is C56H36N2O. The zero-order chi connectivity index (χ0) is 39.1. The molecule has 0 fully saturated rings. The van der Waals surface area contributed by atoms with Crippen molar-refractivity contribution in [2.75, 3.05) is 0 Å². The maximum atomic E-state index is 6.71. The Morgan fingerprint density at radius 3 is 1.42 bits per heavy atom. The summed E-state index contributed by atoms with van der Waals surface area (Å²) in [4.78, 5) is 9.50. The molecule has 0 spiro atoms. The standard InChI is InChI=1S/C56H36N2O/c1-3-16-49-40(9-1)11-6-18-51(49)42-26-24-39(25-27-42)48-34-53(44-30-28-43(29-31-44)52-19-7-12-41-10-2-4-17-50(41)52)55-54(35-48)59-56(58-55)46-14-5-13-45(33-46)37-20-22-38(23-21-37)47-15-8-32-57-36-47/h1-36H. The second-order valence-corrected chi connectivity index (χ2v) is 15.0. The van der Waals surface area contributed by atoms with E-state index in [1.54, 1.807) is 6.20 Å². The highest BCUT2D eigenvalue weighted by atomic mass is 16.3. The maximum Gasteiger partial charge on any atom is 0.227 e. The Labute approximate surface area is 342 Å². The molecule has 0 saturated heterocycles. The quantitative estimate of drug-likeness (QED) is 0.163. The number of aromatic nitrogens is 2. The Kier molecular flexibility index (Phi) is 8.49. The van der Waals surface area contributed by atoms with E-state index in [9.17, 15) is 0 Å². The highest BCUT2D eigenvalue weighted by Crippen LogP contribution is 2.39. The first-order chi connectivity index (χ1) is 29.2. The molecule has 0 N–H and O–H groups in total. The second-order valence-electron chi connectivity index (χ2n) is 15.0. The lowest BCUT2D eigenvalue weighted by Gasteiger charge is -2.11. The van der Waals surface area contributed by atoms with Gasteiger partial charge in [0.15, 0.2) is 5.58 Å². The Morgan fingerprint density at radius 2 is 0.814 bits per heavy atom. The van der Waals surface area contributed by atoms with E-state index < -0.39 is 0 Å². The molecule has 9 aromatic carbocycles. The van der Waals surface area contributed by atoms with E-state index in [0.29, 0.717) is 5.89 Å². The number of rotatable bonds is 7. The van der Waals surface area contributed by atoms with E-state index in [1.807, 2.05) is 12.3 Å². The first-order valence-corrected chi connectivity index (χ1v) is 19.9. The van der Waals surface area contributed by atoms with Gasteiger partial charge in [-0.05, 0) is 113 Å². The van der Waals surface area contributed by atoms with Crippen LogP contribution in [-0.2, 0) is 0 Å². The van der Waals surface area contributed by atoms with Crippen LogP contribution in [0.4, 0.5) is 0 Å². The van der Waals surface area contributed by atoms with E-state index >= 15 is 0 Å². The molecule has 2 heterocycles. The molecule has 3 heteroatoms. The summed E-state index contributed by atoms with van der Waals surface area (Å²) in [5, 5.41) is 4.96. The van der Waals surface area contributed by atoms with Crippen LogP contribution in [0.5, 0.6) is 0 Å². The summed E-state index contributed by atoms with van der Waals surface area (Å²) in [6.07, 6.45) is 3.69. The lowest BCUT2D eigenvalue weighted by atomic mass is 9.93. The van der Waals surface area contributed by atoms with Gasteiger partial charge in [0, 0.05) is 23.5 Å². The van der Waals surface area contributed by atoms with Crippen molar-refractivity contribution in [3.63, 3.8) is 0 Å². The monoisotopic (exact) mass is 752 g/mol. The van der Waals surface area contributed by atoms with Crippen molar-refractivity contribution in [3.05, 3.63) is 219 Å². The van der Waals surface area contributed by atoms with Gasteiger partial charge in [0.25, 0.3) is 0 Å². The van der Waals surface area contributed by atoms with Gasteiger partial charge in [0.1, 0.15) is 5.52 Å². The van der Waals surface area contributed by atoms with E-state index in [2.05, 4.69) is 205 Å². The van der Waals surface area contributed by atoms with Gasteiger partial charge in [-0.3, -0.25) is 4.98 Å². The minimum atomic E-state index is 0.589. The Morgan fingerprint density at radius 1 is 0.322 bits per heavy atom. The molecule has 0 radical (unpaired) electrons. The smallest absolute Gasteiger partial charge is 0.227 e. The summed E-state index contributed by atoms with van der Waals surface area (Å²) in [6, 6.07) is 73.3. The number of hydrogen-bond donors (Lipinski definition) is 0. The lowest BCUT2D eigenvalue weighted by Crippen LogP contribution is -1.87. The third kappa shape index (κ3) is 6.45. The van der Waals surface area contributed by atoms with E-state index in [4.69, 9.17) is 9.40 Å². The second kappa shape index (κ2) is 14.6. The zero-order valence-electron chi connectivity index (χ0n) is 32.1. The Bertz CT molecular complexity index is 3280. The van der Waals surface area contributed by atoms with Gasteiger partial charge in [-0.2, -0.15) is 0 Å². The van der Waals surface area contributed by atoms with E-state index in [-0.39, 0.29) is 0 Å². The molecule has 11 aromatic rings. The summed E-state index contributed by atoms with van der Waals surface area (Å²) >= 11 is 0. The van der Waals surface area contributed by atoms with Crippen molar-refractivity contribution in [2.24, 2.45) is 0 Å². The van der Waals surface area contributed by atoms with E-state index in [1.165, 1.54) is 43.8 Å². The fourth-order valence-corrected chi connectivity index (χ4v) is 8.39. The molecule has 0 bridgehead atoms. The molecule has 276 valence electrons. The normalized spacial score (nSPS) is 11.4. The topological polar surface area (TPSA) is 38.9 Å². The SMILES string of the molecule is c1cncc(-c2ccc(-c3cccc(-c4nc5c(-c6ccc(-c7cccc8ccccc78)cc6)cc(-c6ccc(-c7cccc8ccccc78)cc6)cc5o4)c3)cc2)c1. The maximum absolute atomic E-state index is 6.71. The van der Waals surface area contributed by atoms with Crippen molar-refractivity contribution in [3.8, 4) is 78.2 Å². The van der Waals surface area contributed by atoms with Gasteiger partial charge < -0.3 is 4.42 Å². The Hall–Kier alpha value is -7.88. The molecule has 2 aromatic heterocycles. The van der Waals surface area contributed by atoms with Gasteiger partial charge >= 0.3 is 0 Å². The van der Waals surface area contributed by atoms with E-state index in [0.717, 1.165) is 61.2 Å². The van der Waals surface area contributed by atoms with Crippen LogP contribution in [-0.4, -0.2) is 9.97 Å². The van der Waals surface area contributed by atoms with Crippen LogP contribution in [0.15, 0.2) is 223 Å². The summed E-state index contributed by atoms with van der Waals surface area (Å²) < 4.78 is 6.71. The van der Waals surface area contributed by atoms with Crippen LogP contribution in [0.25, 0.3) is 111 Å². The average molecular weight is 753 g/mol. The Balaban J connectivity index is 0.998. The lowest BCUT2D eigenvalue weighted by molar-refractivity contribution is 0.620. The van der Waals surface area contributed by atoms with Crippen LogP contribution in [0, 0.1) is 0 Å². The molecule has 0 unspecified atom stereocenters. The number of nitrogens with zero attached hydrogens (tertiary/aromatic N) is 2. The van der Waals surface area contributed by atoms with Crippen molar-refractivity contribution in [1.82, 2.24) is 9.97 Å². The van der Waals surface area contributed by atoms with Crippen molar-refractivity contribution < 1.29 is 4.42 Å². The molecule has 3 nitrogen and oxygen atoms in total. The van der Waals surface area contributed by atoms with Gasteiger partial charge in [0.05, 0.1) is 0 Å². The summed E-state index contributed by atoms with van der Waals surface area (Å²) in [5.41, 5.74) is 16.0. The van der Waals surface area contributed by atoms with Crippen LogP contribution in [0.3, 0.4) is 0 Å². The number of oxazole rings is 1. The largest absolute Gasteiger partial charge is 0.436 e. The highest BCUT2D eigenvalue weighted by Gasteiger charge is 2.17. The molecule has 0 aliphatic heterocycles. The van der Waals surface area contributed by atoms with Gasteiger partial charge in [-0.1, -0.05) is 176 Å². The molecule has 0 amide bonds. The summed E-state index contributed by atoms with van der Waals surface area (Å²) in [5.74, 6) is 0.589. The molecule has 0 aliphatic rings. The van der Waals surface area contributed by atoms with Crippen molar-refractivity contribution in [1.29, 1.82) is 0 Å². The summed E-state index contributed by atoms with van der Waals surface area (Å²) in [6.45, 7) is 0.